The fourth-order valence-electron chi connectivity index (χ4n) is 1.16. The van der Waals surface area contributed by atoms with Crippen LogP contribution in [0.2, 0.25) is 10.3 Å². The lowest BCUT2D eigenvalue weighted by Crippen LogP contribution is -2.20. The molecule has 5 heteroatoms. The van der Waals surface area contributed by atoms with Crippen LogP contribution in [0.25, 0.3) is 10.8 Å². The minimum Gasteiger partial charge on any atom is -0.101 e. The molecular weight excluding hydrogens is 211 g/mol. The Kier molecular flexibility index (Phi) is 1.98. The van der Waals surface area contributed by atoms with Crippen LogP contribution in [0, 0.1) is 4.91 Å². The highest BCUT2D eigenvalue weighted by Gasteiger charge is 2.14. The number of fused-ring (bicyclic) bond motifs is 1. The van der Waals surface area contributed by atoms with Crippen LogP contribution in [-0.4, -0.2) is 5.10 Å². The van der Waals surface area contributed by atoms with Gasteiger partial charge in [0.25, 0.3) is 0 Å². The minimum absolute atomic E-state index is 0.0972. The molecule has 0 amide bonds. The molecule has 0 aliphatic rings. The highest BCUT2D eigenvalue weighted by Crippen LogP contribution is 2.23. The van der Waals surface area contributed by atoms with Crippen LogP contribution >= 0.6 is 23.2 Å². The van der Waals surface area contributed by atoms with E-state index in [0.717, 1.165) is 5.39 Å². The summed E-state index contributed by atoms with van der Waals surface area (Å²) in [7, 11) is 0. The lowest BCUT2D eigenvalue weighted by Gasteiger charge is -1.94. The second-order valence-electron chi connectivity index (χ2n) is 2.56. The summed E-state index contributed by atoms with van der Waals surface area (Å²) >= 11 is 11.6. The van der Waals surface area contributed by atoms with Crippen LogP contribution in [0.1, 0.15) is 0 Å². The number of rotatable bonds is 0. The summed E-state index contributed by atoms with van der Waals surface area (Å²) < 4.78 is 0.437. The summed E-state index contributed by atoms with van der Waals surface area (Å²) in [6.45, 7) is 0. The maximum absolute atomic E-state index is 11.1. The molecule has 0 bridgehead atoms. The first-order chi connectivity index (χ1) is 6.20. The van der Waals surface area contributed by atoms with E-state index in [0.29, 0.717) is 9.93 Å². The number of aromatic amines is 1. The normalized spacial score (nSPS) is 10.6. The third kappa shape index (κ3) is 1.30. The maximum atomic E-state index is 11.1. The van der Waals surface area contributed by atoms with Crippen molar-refractivity contribution < 1.29 is 4.54 Å². The van der Waals surface area contributed by atoms with Gasteiger partial charge in [-0.25, -0.2) is 0 Å². The van der Waals surface area contributed by atoms with E-state index in [9.17, 15) is 4.91 Å². The third-order valence-corrected chi connectivity index (χ3v) is 2.41. The summed E-state index contributed by atoms with van der Waals surface area (Å²) in [6, 6.07) is 7.16. The average molecular weight is 216 g/mol. The van der Waals surface area contributed by atoms with Crippen molar-refractivity contribution in [2.75, 3.05) is 0 Å². The van der Waals surface area contributed by atoms with Gasteiger partial charge in [-0.05, 0) is 17.7 Å². The molecule has 0 saturated carbocycles. The molecule has 0 atom stereocenters. The maximum Gasteiger partial charge on any atom is 0.368 e. The van der Waals surface area contributed by atoms with Crippen LogP contribution in [0.5, 0.6) is 0 Å². The van der Waals surface area contributed by atoms with Gasteiger partial charge in [0.1, 0.15) is 0 Å². The molecule has 0 saturated heterocycles. The van der Waals surface area contributed by atoms with Crippen molar-refractivity contribution in [3.63, 3.8) is 0 Å². The molecule has 2 aromatic rings. The molecule has 3 nitrogen and oxygen atoms in total. The Balaban J connectivity index is 3.06. The predicted molar refractivity (Wildman–Crippen MR) is 51.7 cm³/mol. The molecule has 13 heavy (non-hydrogen) atoms. The Morgan fingerprint density at radius 1 is 1.15 bits per heavy atom. The number of nitrogens with zero attached hydrogens (tertiary/aromatic N) is 1. The van der Waals surface area contributed by atoms with Crippen molar-refractivity contribution >= 4 is 34.0 Å². The topological polar surface area (TPSA) is 38.8 Å². The average Bonchev–Trinajstić information content (AvgIpc) is 2.15. The SMILES string of the molecule is O=[n+]1[nH]c(Cl)c2ccccc2c1Cl. The predicted octanol–water partition coefficient (Wildman–Crippen LogP) is 2.39. The van der Waals surface area contributed by atoms with Gasteiger partial charge in [-0.3, -0.25) is 0 Å². The minimum atomic E-state index is 0.0972. The van der Waals surface area contributed by atoms with Gasteiger partial charge in [0, 0.05) is 5.39 Å². The van der Waals surface area contributed by atoms with Crippen LogP contribution in [0.3, 0.4) is 0 Å². The number of H-pyrrole nitrogens is 1. The second-order valence-corrected chi connectivity index (χ2v) is 3.29. The van der Waals surface area contributed by atoms with Gasteiger partial charge in [-0.15, -0.1) is 5.10 Å². The lowest BCUT2D eigenvalue weighted by atomic mass is 10.2. The van der Waals surface area contributed by atoms with Crippen LogP contribution in [-0.2, 0) is 0 Å². The van der Waals surface area contributed by atoms with Crippen LogP contribution < -0.4 is 4.54 Å². The lowest BCUT2D eigenvalue weighted by molar-refractivity contribution is -0.560. The zero-order chi connectivity index (χ0) is 9.42. The molecule has 66 valence electrons. The van der Waals surface area contributed by atoms with Gasteiger partial charge in [0.05, 0.1) is 10.3 Å². The number of nitrogens with one attached hydrogen (secondary N) is 1. The van der Waals surface area contributed by atoms with E-state index in [4.69, 9.17) is 23.2 Å². The molecule has 1 heterocycles. The smallest absolute Gasteiger partial charge is 0.101 e. The molecule has 1 aromatic heterocycles. The van der Waals surface area contributed by atoms with Gasteiger partial charge in [-0.2, -0.15) is 0 Å². The van der Waals surface area contributed by atoms with Gasteiger partial charge in [0.15, 0.2) is 9.70 Å². The van der Waals surface area contributed by atoms with Gasteiger partial charge in [0.2, 0.25) is 0 Å². The number of hydrogen-bond acceptors (Lipinski definition) is 1. The zero-order valence-corrected chi connectivity index (χ0v) is 7.93. The first-order valence-electron chi connectivity index (χ1n) is 3.59. The van der Waals surface area contributed by atoms with E-state index in [1.165, 1.54) is 0 Å². The van der Waals surface area contributed by atoms with E-state index < -0.39 is 0 Å². The van der Waals surface area contributed by atoms with Crippen molar-refractivity contribution in [1.82, 2.24) is 5.10 Å². The largest absolute Gasteiger partial charge is 0.368 e. The molecule has 0 aliphatic carbocycles. The Morgan fingerprint density at radius 3 is 2.46 bits per heavy atom. The van der Waals surface area contributed by atoms with Crippen LogP contribution in [0.4, 0.5) is 0 Å². The Hall–Kier alpha value is -1.06. The van der Waals surface area contributed by atoms with Crippen molar-refractivity contribution in [3.8, 4) is 0 Å². The van der Waals surface area contributed by atoms with Crippen molar-refractivity contribution in [3.05, 3.63) is 39.5 Å². The first kappa shape index (κ1) is 8.53. The van der Waals surface area contributed by atoms with E-state index >= 15 is 0 Å². The van der Waals surface area contributed by atoms with E-state index in [-0.39, 0.29) is 10.3 Å². The standard InChI is InChI=1S/C8H5Cl2N2O/c9-7-5-3-1-2-4-6(5)8(10)12(13)11-7/h1-4H,(H,11,13)/q+1. The van der Waals surface area contributed by atoms with Crippen molar-refractivity contribution in [1.29, 1.82) is 0 Å². The molecule has 0 fully saturated rings. The van der Waals surface area contributed by atoms with E-state index in [1.54, 1.807) is 18.2 Å². The Labute approximate surface area is 83.5 Å². The molecule has 2 rings (SSSR count). The highest BCUT2D eigenvalue weighted by atomic mass is 35.5. The van der Waals surface area contributed by atoms with E-state index in [2.05, 4.69) is 5.10 Å². The number of benzene rings is 1. The van der Waals surface area contributed by atoms with Gasteiger partial charge < -0.3 is 0 Å². The number of aromatic nitrogens is 2. The highest BCUT2D eigenvalue weighted by molar-refractivity contribution is 6.37. The quantitative estimate of drug-likeness (QED) is 0.674. The van der Waals surface area contributed by atoms with Crippen molar-refractivity contribution in [2.24, 2.45) is 0 Å². The van der Waals surface area contributed by atoms with Gasteiger partial charge in [-0.1, -0.05) is 29.8 Å². The Morgan fingerprint density at radius 2 is 1.77 bits per heavy atom. The molecule has 1 aromatic carbocycles. The molecule has 1 N–H and O–H groups in total. The van der Waals surface area contributed by atoms with E-state index in [1.807, 2.05) is 6.07 Å². The number of hydrogen-bond donors (Lipinski definition) is 1. The second kappa shape index (κ2) is 3.01. The molecular formula is C8H5Cl2N2O+. The fraction of sp³-hybridized carbons (Fsp3) is 0. The molecule has 0 aliphatic heterocycles. The summed E-state index contributed by atoms with van der Waals surface area (Å²) in [5.41, 5.74) is 0. The Bertz CT molecular complexity index is 521. The summed E-state index contributed by atoms with van der Waals surface area (Å²) in [5, 5.41) is 4.14. The molecule has 0 radical (unpaired) electrons. The zero-order valence-electron chi connectivity index (χ0n) is 6.42. The number of halogens is 2. The monoisotopic (exact) mass is 215 g/mol. The third-order valence-electron chi connectivity index (χ3n) is 1.76. The fourth-order valence-corrected chi connectivity index (χ4v) is 1.61. The van der Waals surface area contributed by atoms with Crippen LogP contribution in [0.15, 0.2) is 24.3 Å². The van der Waals surface area contributed by atoms with Crippen molar-refractivity contribution in [2.45, 2.75) is 0 Å². The first-order valence-corrected chi connectivity index (χ1v) is 4.34. The summed E-state index contributed by atoms with van der Waals surface area (Å²) in [6.07, 6.45) is 0. The molecule has 0 unspecified atom stereocenters. The summed E-state index contributed by atoms with van der Waals surface area (Å²) in [5.74, 6) is 0. The van der Waals surface area contributed by atoms with Gasteiger partial charge >= 0.3 is 5.15 Å². The molecule has 0 spiro atoms. The summed E-state index contributed by atoms with van der Waals surface area (Å²) in [4.78, 5) is 11.1.